The molecule has 1 amide bonds. The monoisotopic (exact) mass is 519 g/mol. The molecule has 1 aromatic carbocycles. The Hall–Kier alpha value is -3.57. The molecule has 1 N–H and O–H groups in total. The van der Waals surface area contributed by atoms with Crippen molar-refractivity contribution in [1.29, 1.82) is 0 Å². The van der Waals surface area contributed by atoms with Crippen molar-refractivity contribution >= 4 is 44.4 Å². The highest BCUT2D eigenvalue weighted by Crippen LogP contribution is 2.32. The second-order valence-corrected chi connectivity index (χ2v) is 10.4. The van der Waals surface area contributed by atoms with Gasteiger partial charge in [-0.1, -0.05) is 37.0 Å². The number of fused-ring (bicyclic) bond motifs is 2. The van der Waals surface area contributed by atoms with Gasteiger partial charge in [0.15, 0.2) is 15.7 Å². The van der Waals surface area contributed by atoms with Gasteiger partial charge in [0.1, 0.15) is 11.3 Å². The van der Waals surface area contributed by atoms with Crippen LogP contribution in [0.5, 0.6) is 0 Å². The number of morpholine rings is 1. The number of carbonyl (C=O) groups is 1. The fourth-order valence-electron chi connectivity index (χ4n) is 5.07. The van der Waals surface area contributed by atoms with Crippen molar-refractivity contribution in [3.05, 3.63) is 47.4 Å². The van der Waals surface area contributed by atoms with Crippen LogP contribution in [0, 0.1) is 5.92 Å². The number of aliphatic hydroxyl groups is 1. The summed E-state index contributed by atoms with van der Waals surface area (Å²) >= 11 is 1.30. The van der Waals surface area contributed by atoms with Gasteiger partial charge in [0.25, 0.3) is 5.91 Å². The van der Waals surface area contributed by atoms with E-state index in [9.17, 15) is 9.90 Å². The summed E-state index contributed by atoms with van der Waals surface area (Å²) in [5.41, 5.74) is 2.48. The van der Waals surface area contributed by atoms with Gasteiger partial charge in [-0.15, -0.1) is 0 Å². The van der Waals surface area contributed by atoms with E-state index in [0.717, 1.165) is 23.3 Å². The van der Waals surface area contributed by atoms with Gasteiger partial charge in [-0.25, -0.2) is 9.97 Å². The van der Waals surface area contributed by atoms with Gasteiger partial charge < -0.3 is 19.6 Å². The molecule has 0 atom stereocenters. The zero-order valence-corrected chi connectivity index (χ0v) is 21.6. The van der Waals surface area contributed by atoms with Crippen LogP contribution in [0.15, 0.2) is 36.6 Å². The van der Waals surface area contributed by atoms with Gasteiger partial charge in [-0.3, -0.25) is 9.36 Å². The second kappa shape index (κ2) is 9.71. The number of likely N-dealkylation sites (tertiary alicyclic amines) is 1. The van der Waals surface area contributed by atoms with E-state index < -0.39 is 0 Å². The number of amides is 1. The first kappa shape index (κ1) is 23.8. The van der Waals surface area contributed by atoms with Gasteiger partial charge in [-0.2, -0.15) is 9.97 Å². The molecule has 192 valence electrons. The van der Waals surface area contributed by atoms with Gasteiger partial charge in [-0.05, 0) is 25.0 Å². The summed E-state index contributed by atoms with van der Waals surface area (Å²) < 4.78 is 7.58. The molecule has 2 aliphatic heterocycles. The van der Waals surface area contributed by atoms with E-state index in [1.807, 2.05) is 28.8 Å². The number of aromatic nitrogens is 5. The molecule has 3 aromatic heterocycles. The summed E-state index contributed by atoms with van der Waals surface area (Å²) in [5, 5.41) is 10.1. The van der Waals surface area contributed by atoms with Crippen molar-refractivity contribution in [2.45, 2.75) is 26.2 Å². The number of ether oxygens (including phenoxy) is 1. The number of anilines is 1. The summed E-state index contributed by atoms with van der Waals surface area (Å²) in [6.07, 6.45) is 2.12. The smallest absolute Gasteiger partial charge is 0.282 e. The fraction of sp³-hybridized carbons (Fsp3) is 0.423. The van der Waals surface area contributed by atoms with Crippen LogP contribution in [0.1, 0.15) is 35.4 Å². The molecule has 0 unspecified atom stereocenters. The average Bonchev–Trinajstić information content (AvgIpc) is 3.54. The van der Waals surface area contributed by atoms with Crippen LogP contribution in [0.4, 0.5) is 5.82 Å². The van der Waals surface area contributed by atoms with E-state index in [1.54, 1.807) is 4.90 Å². The van der Waals surface area contributed by atoms with Gasteiger partial charge in [0.05, 0.1) is 30.0 Å². The summed E-state index contributed by atoms with van der Waals surface area (Å²) in [6.45, 7) is 9.45. The largest absolute Gasteiger partial charge is 0.513 e. The molecule has 6 rings (SSSR count). The molecule has 0 radical (unpaired) electrons. The molecule has 2 aliphatic rings. The zero-order valence-electron chi connectivity index (χ0n) is 20.8. The molecule has 0 saturated carbocycles. The maximum atomic E-state index is 13.4. The zero-order chi connectivity index (χ0) is 25.5. The molecule has 0 bridgehead atoms. The summed E-state index contributed by atoms with van der Waals surface area (Å²) in [4.78, 5) is 37.5. The van der Waals surface area contributed by atoms with Crippen molar-refractivity contribution in [3.8, 4) is 5.95 Å². The van der Waals surface area contributed by atoms with E-state index in [0.29, 0.717) is 79.4 Å². The molecular weight excluding hydrogens is 490 g/mol. The second-order valence-electron chi connectivity index (χ2n) is 9.38. The van der Waals surface area contributed by atoms with Gasteiger partial charge in [0, 0.05) is 38.5 Å². The highest BCUT2D eigenvalue weighted by Gasteiger charge is 2.29. The van der Waals surface area contributed by atoms with E-state index >= 15 is 0 Å². The number of allylic oxidation sites excluding steroid dienone is 1. The number of hydrogen-bond donors (Lipinski definition) is 1. The topological polar surface area (TPSA) is 110 Å². The number of aliphatic hydroxyl groups excluding tert-OH is 1. The van der Waals surface area contributed by atoms with E-state index in [-0.39, 0.29) is 17.6 Å². The number of hydrogen-bond acceptors (Lipinski definition) is 9. The van der Waals surface area contributed by atoms with Crippen LogP contribution in [-0.2, 0) is 11.2 Å². The Labute approximate surface area is 218 Å². The highest BCUT2D eigenvalue weighted by molar-refractivity contribution is 7.20. The molecule has 2 fully saturated rings. The number of benzene rings is 1. The van der Waals surface area contributed by atoms with Crippen molar-refractivity contribution in [3.63, 3.8) is 0 Å². The fourth-order valence-corrected chi connectivity index (χ4v) is 5.97. The minimum absolute atomic E-state index is 0.0403. The molecule has 5 heterocycles. The molecule has 11 heteroatoms. The van der Waals surface area contributed by atoms with Crippen molar-refractivity contribution in [2.75, 3.05) is 44.3 Å². The van der Waals surface area contributed by atoms with Gasteiger partial charge in [0.2, 0.25) is 5.95 Å². The normalized spacial score (nSPS) is 17.1. The number of imidazole rings is 1. The number of nitrogens with zero attached hydrogens (tertiary/aromatic N) is 7. The number of aryl methyl sites for hydroxylation is 1. The van der Waals surface area contributed by atoms with E-state index in [1.165, 1.54) is 11.3 Å². The molecule has 10 nitrogen and oxygen atoms in total. The third-order valence-corrected chi connectivity index (χ3v) is 8.06. The van der Waals surface area contributed by atoms with Crippen LogP contribution in [0.25, 0.3) is 27.3 Å². The molecule has 0 aliphatic carbocycles. The standard InChI is InChI=1S/C26H29N7O3S/c1-3-20-27-18-6-4-5-7-19(18)33(20)26-29-22(31-12-14-36-15-13-31)21-23(30-26)37-24(28-21)25(35)32-10-8-17(9-11-32)16(2)34/h4-7,17,34H,2-3,8-15H2,1H3. The number of thiazole rings is 1. The lowest BCUT2D eigenvalue weighted by atomic mass is 9.95. The molecular formula is C26H29N7O3S. The Morgan fingerprint density at radius 1 is 1.11 bits per heavy atom. The minimum atomic E-state index is -0.109. The van der Waals surface area contributed by atoms with Crippen LogP contribution in [0.2, 0.25) is 0 Å². The Balaban J connectivity index is 1.44. The molecule has 4 aromatic rings. The Bertz CT molecular complexity index is 1480. The lowest BCUT2D eigenvalue weighted by Crippen LogP contribution is -2.38. The van der Waals surface area contributed by atoms with E-state index in [4.69, 9.17) is 24.7 Å². The maximum absolute atomic E-state index is 13.4. The summed E-state index contributed by atoms with van der Waals surface area (Å²) in [7, 11) is 0. The number of carbonyl (C=O) groups excluding carboxylic acids is 1. The lowest BCUT2D eigenvalue weighted by Gasteiger charge is -2.30. The predicted octanol–water partition coefficient (Wildman–Crippen LogP) is 3.75. The van der Waals surface area contributed by atoms with Gasteiger partial charge >= 0.3 is 0 Å². The highest BCUT2D eigenvalue weighted by atomic mass is 32.1. The third-order valence-electron chi connectivity index (χ3n) is 7.12. The first-order valence-corrected chi connectivity index (χ1v) is 13.5. The van der Waals surface area contributed by atoms with Crippen LogP contribution in [-0.4, -0.2) is 79.8 Å². The molecule has 37 heavy (non-hydrogen) atoms. The van der Waals surface area contributed by atoms with Crippen LogP contribution >= 0.6 is 11.3 Å². The SMILES string of the molecule is C=C(O)C1CCN(C(=O)c2nc3c(N4CCOCC4)nc(-n4c(CC)nc5ccccc54)nc3s2)CC1. The Morgan fingerprint density at radius 3 is 2.59 bits per heavy atom. The van der Waals surface area contributed by atoms with Crippen LogP contribution in [0.3, 0.4) is 0 Å². The van der Waals surface area contributed by atoms with Crippen molar-refractivity contribution in [2.24, 2.45) is 5.92 Å². The number of para-hydroxylation sites is 2. The van der Waals surface area contributed by atoms with Crippen LogP contribution < -0.4 is 4.90 Å². The first-order chi connectivity index (χ1) is 18.0. The first-order valence-electron chi connectivity index (χ1n) is 12.7. The number of piperidine rings is 1. The predicted molar refractivity (Wildman–Crippen MR) is 143 cm³/mol. The third kappa shape index (κ3) is 4.31. The lowest BCUT2D eigenvalue weighted by molar-refractivity contribution is 0.0686. The van der Waals surface area contributed by atoms with E-state index in [2.05, 4.69) is 18.4 Å². The quantitative estimate of drug-likeness (QED) is 0.397. The number of rotatable bonds is 5. The maximum Gasteiger partial charge on any atom is 0.282 e. The minimum Gasteiger partial charge on any atom is -0.513 e. The average molecular weight is 520 g/mol. The summed E-state index contributed by atoms with van der Waals surface area (Å²) in [6, 6.07) is 7.98. The Kier molecular flexibility index (Phi) is 6.25. The van der Waals surface area contributed by atoms with Crippen molar-refractivity contribution in [1.82, 2.24) is 29.4 Å². The van der Waals surface area contributed by atoms with Crippen molar-refractivity contribution < 1.29 is 14.6 Å². The summed E-state index contributed by atoms with van der Waals surface area (Å²) in [5.74, 6) is 2.25. The molecule has 2 saturated heterocycles. The Morgan fingerprint density at radius 2 is 1.86 bits per heavy atom. The molecule has 0 spiro atoms.